The molecule has 0 aliphatic carbocycles. The molecule has 6 heteroatoms. The van der Waals surface area contributed by atoms with Gasteiger partial charge in [-0.15, -0.1) is 0 Å². The largest absolute Gasteiger partial charge is 0.467 e. The second kappa shape index (κ2) is 8.16. The third kappa shape index (κ3) is 4.82. The van der Waals surface area contributed by atoms with Gasteiger partial charge in [-0.1, -0.05) is 0 Å². The number of carbonyl (C=O) groups is 1. The highest BCUT2D eigenvalue weighted by Crippen LogP contribution is 2.18. The van der Waals surface area contributed by atoms with Gasteiger partial charge < -0.3 is 19.4 Å². The molecule has 0 unspecified atom stereocenters. The van der Waals surface area contributed by atoms with E-state index in [9.17, 15) is 4.79 Å². The molecule has 0 radical (unpaired) electrons. The Kier molecular flexibility index (Phi) is 5.71. The maximum absolute atomic E-state index is 13.0. The minimum atomic E-state index is -0.0597. The van der Waals surface area contributed by atoms with E-state index in [-0.39, 0.29) is 12.0 Å². The van der Waals surface area contributed by atoms with Crippen molar-refractivity contribution < 1.29 is 13.9 Å². The molecule has 3 heterocycles. The standard InChI is InChI=1S/C19H25N3O3/c1-14(2)21-18-8-7-15(11-20-18)19(23)22(12-16-5-3-9-24-16)13-17-6-4-10-25-17/h3,5,7-9,11,14,17H,4,6,10,12-13H2,1-2H3,(H,20,21)/t17-/m1/s1. The summed E-state index contributed by atoms with van der Waals surface area (Å²) in [4.78, 5) is 19.1. The molecule has 134 valence electrons. The minimum absolute atomic E-state index is 0.0597. The molecule has 2 aromatic rings. The molecule has 3 rings (SSSR count). The molecule has 1 aliphatic heterocycles. The number of rotatable bonds is 7. The molecule has 1 atom stereocenters. The molecule has 25 heavy (non-hydrogen) atoms. The van der Waals surface area contributed by atoms with Crippen molar-refractivity contribution in [1.29, 1.82) is 0 Å². The van der Waals surface area contributed by atoms with Crippen LogP contribution in [-0.4, -0.2) is 41.1 Å². The van der Waals surface area contributed by atoms with Crippen molar-refractivity contribution in [2.45, 2.75) is 45.4 Å². The third-order valence-corrected chi connectivity index (χ3v) is 4.11. The molecular weight excluding hydrogens is 318 g/mol. The first kappa shape index (κ1) is 17.5. The van der Waals surface area contributed by atoms with Gasteiger partial charge in [-0.3, -0.25) is 4.79 Å². The van der Waals surface area contributed by atoms with Crippen LogP contribution in [0.5, 0.6) is 0 Å². The van der Waals surface area contributed by atoms with Crippen molar-refractivity contribution in [3.8, 4) is 0 Å². The average Bonchev–Trinajstić information content (AvgIpc) is 3.28. The quantitative estimate of drug-likeness (QED) is 0.835. The van der Waals surface area contributed by atoms with Crippen LogP contribution in [0.25, 0.3) is 0 Å². The maximum atomic E-state index is 13.0. The lowest BCUT2D eigenvalue weighted by atomic mass is 10.2. The Morgan fingerprint density at radius 1 is 1.40 bits per heavy atom. The highest BCUT2D eigenvalue weighted by Gasteiger charge is 2.24. The Balaban J connectivity index is 1.72. The van der Waals surface area contributed by atoms with Crippen molar-refractivity contribution in [2.75, 3.05) is 18.5 Å². The topological polar surface area (TPSA) is 67.6 Å². The van der Waals surface area contributed by atoms with Crippen molar-refractivity contribution in [3.05, 3.63) is 48.0 Å². The van der Waals surface area contributed by atoms with Crippen LogP contribution in [-0.2, 0) is 11.3 Å². The normalized spacial score (nSPS) is 17.0. The van der Waals surface area contributed by atoms with Gasteiger partial charge in [0.15, 0.2) is 0 Å². The SMILES string of the molecule is CC(C)Nc1ccc(C(=O)N(Cc2ccco2)C[C@H]2CCCO2)cn1. The molecule has 1 fully saturated rings. The number of carbonyl (C=O) groups excluding carboxylic acids is 1. The van der Waals surface area contributed by atoms with Gasteiger partial charge >= 0.3 is 0 Å². The van der Waals surface area contributed by atoms with Crippen LogP contribution >= 0.6 is 0 Å². The summed E-state index contributed by atoms with van der Waals surface area (Å²) < 4.78 is 11.1. The second-order valence-corrected chi connectivity index (χ2v) is 6.63. The van der Waals surface area contributed by atoms with E-state index in [1.54, 1.807) is 17.4 Å². The van der Waals surface area contributed by atoms with Crippen LogP contribution in [0.1, 0.15) is 42.8 Å². The fourth-order valence-electron chi connectivity index (χ4n) is 2.93. The van der Waals surface area contributed by atoms with Crippen molar-refractivity contribution >= 4 is 11.7 Å². The van der Waals surface area contributed by atoms with E-state index in [2.05, 4.69) is 10.3 Å². The number of nitrogens with zero attached hydrogens (tertiary/aromatic N) is 2. The Morgan fingerprint density at radius 2 is 2.28 bits per heavy atom. The zero-order chi connectivity index (χ0) is 17.6. The van der Waals surface area contributed by atoms with Crippen LogP contribution in [0.15, 0.2) is 41.1 Å². The molecule has 1 N–H and O–H groups in total. The van der Waals surface area contributed by atoms with Crippen LogP contribution in [0, 0.1) is 0 Å². The number of nitrogens with one attached hydrogen (secondary N) is 1. The minimum Gasteiger partial charge on any atom is -0.467 e. The maximum Gasteiger partial charge on any atom is 0.255 e. The Morgan fingerprint density at radius 3 is 2.88 bits per heavy atom. The van der Waals surface area contributed by atoms with Crippen LogP contribution in [0.2, 0.25) is 0 Å². The molecule has 0 spiro atoms. The first-order chi connectivity index (χ1) is 12.1. The van der Waals surface area contributed by atoms with Gasteiger partial charge in [-0.05, 0) is 51.0 Å². The number of ether oxygens (including phenoxy) is 1. The first-order valence-corrected chi connectivity index (χ1v) is 8.77. The summed E-state index contributed by atoms with van der Waals surface area (Å²) in [5.74, 6) is 1.47. The molecule has 1 saturated heterocycles. The highest BCUT2D eigenvalue weighted by atomic mass is 16.5. The molecule has 1 amide bonds. The monoisotopic (exact) mass is 343 g/mol. The number of aromatic nitrogens is 1. The van der Waals surface area contributed by atoms with Gasteiger partial charge in [0, 0.05) is 25.4 Å². The lowest BCUT2D eigenvalue weighted by Gasteiger charge is -2.24. The summed E-state index contributed by atoms with van der Waals surface area (Å²) in [6.07, 6.45) is 5.37. The van der Waals surface area contributed by atoms with E-state index in [0.717, 1.165) is 31.0 Å². The zero-order valence-electron chi connectivity index (χ0n) is 14.8. The smallest absolute Gasteiger partial charge is 0.255 e. The lowest BCUT2D eigenvalue weighted by molar-refractivity contribution is 0.0491. The highest BCUT2D eigenvalue weighted by molar-refractivity contribution is 5.94. The van der Waals surface area contributed by atoms with Crippen LogP contribution in [0.3, 0.4) is 0 Å². The summed E-state index contributed by atoms with van der Waals surface area (Å²) in [6, 6.07) is 7.65. The number of amides is 1. The van der Waals surface area contributed by atoms with Gasteiger partial charge in [0.1, 0.15) is 11.6 Å². The predicted molar refractivity (Wildman–Crippen MR) is 95.4 cm³/mol. The molecule has 1 aliphatic rings. The number of hydrogen-bond acceptors (Lipinski definition) is 5. The fraction of sp³-hybridized carbons (Fsp3) is 0.474. The van der Waals surface area contributed by atoms with Crippen LogP contribution in [0.4, 0.5) is 5.82 Å². The summed E-state index contributed by atoms with van der Waals surface area (Å²) in [6.45, 7) is 5.86. The molecule has 0 bridgehead atoms. The fourth-order valence-corrected chi connectivity index (χ4v) is 2.93. The molecule has 6 nitrogen and oxygen atoms in total. The van der Waals surface area contributed by atoms with E-state index < -0.39 is 0 Å². The average molecular weight is 343 g/mol. The van der Waals surface area contributed by atoms with E-state index in [0.29, 0.717) is 24.7 Å². The summed E-state index contributed by atoms with van der Waals surface area (Å²) in [5.41, 5.74) is 0.568. The lowest BCUT2D eigenvalue weighted by Crippen LogP contribution is -2.37. The number of furan rings is 1. The van der Waals surface area contributed by atoms with E-state index >= 15 is 0 Å². The van der Waals surface area contributed by atoms with Crippen molar-refractivity contribution in [1.82, 2.24) is 9.88 Å². The summed E-state index contributed by atoms with van der Waals surface area (Å²) >= 11 is 0. The molecule has 0 saturated carbocycles. The summed E-state index contributed by atoms with van der Waals surface area (Å²) in [5, 5.41) is 3.22. The Labute approximate surface area is 148 Å². The molecular formula is C19H25N3O3. The number of anilines is 1. The zero-order valence-corrected chi connectivity index (χ0v) is 14.8. The number of hydrogen-bond donors (Lipinski definition) is 1. The third-order valence-electron chi connectivity index (χ3n) is 4.11. The van der Waals surface area contributed by atoms with Gasteiger partial charge in [0.05, 0.1) is 24.5 Å². The first-order valence-electron chi connectivity index (χ1n) is 8.77. The van der Waals surface area contributed by atoms with Crippen molar-refractivity contribution in [3.63, 3.8) is 0 Å². The van der Waals surface area contributed by atoms with Gasteiger partial charge in [-0.2, -0.15) is 0 Å². The Bertz CT molecular complexity index is 662. The van der Waals surface area contributed by atoms with E-state index in [1.807, 2.05) is 38.1 Å². The van der Waals surface area contributed by atoms with E-state index in [1.165, 1.54) is 0 Å². The van der Waals surface area contributed by atoms with Gasteiger partial charge in [0.25, 0.3) is 5.91 Å². The second-order valence-electron chi connectivity index (χ2n) is 6.63. The predicted octanol–water partition coefficient (Wildman–Crippen LogP) is 3.32. The van der Waals surface area contributed by atoms with E-state index in [4.69, 9.17) is 9.15 Å². The summed E-state index contributed by atoms with van der Waals surface area (Å²) in [7, 11) is 0. The Hall–Kier alpha value is -2.34. The molecule has 2 aromatic heterocycles. The van der Waals surface area contributed by atoms with Gasteiger partial charge in [0.2, 0.25) is 0 Å². The van der Waals surface area contributed by atoms with Gasteiger partial charge in [-0.25, -0.2) is 4.98 Å². The molecule has 0 aromatic carbocycles. The number of pyridine rings is 1. The van der Waals surface area contributed by atoms with Crippen LogP contribution < -0.4 is 5.32 Å². The van der Waals surface area contributed by atoms with Crippen molar-refractivity contribution in [2.24, 2.45) is 0 Å².